The van der Waals surface area contributed by atoms with E-state index in [1.54, 1.807) is 24.3 Å². The summed E-state index contributed by atoms with van der Waals surface area (Å²) in [5.74, 6) is -1.02. The summed E-state index contributed by atoms with van der Waals surface area (Å²) in [7, 11) is 1.25. The van der Waals surface area contributed by atoms with Crippen molar-refractivity contribution < 1.29 is 18.8 Å². The van der Waals surface area contributed by atoms with Crippen LogP contribution in [0.1, 0.15) is 21.6 Å². The first-order valence-corrected chi connectivity index (χ1v) is 8.30. The number of carbonyl (C=O) groups excluding carboxylic acids is 1. The van der Waals surface area contributed by atoms with E-state index in [1.165, 1.54) is 30.1 Å². The molecule has 1 aromatic heterocycles. The molecule has 0 saturated carbocycles. The van der Waals surface area contributed by atoms with E-state index in [0.29, 0.717) is 11.3 Å². The topological polar surface area (TPSA) is 65.7 Å². The largest absolute Gasteiger partial charge is 0.464 e. The summed E-state index contributed by atoms with van der Waals surface area (Å²) in [4.78, 5) is 17.2. The SMILES string of the molecule is COC(=O)c1nn(-c2ccccc2)c(Cl)c1/C=N\OCc1cccc(F)c1. The lowest BCUT2D eigenvalue weighted by Crippen LogP contribution is -2.06. The predicted octanol–water partition coefficient (Wildman–Crippen LogP) is 4.00. The Labute approximate surface area is 159 Å². The second-order valence-corrected chi connectivity index (χ2v) is 5.79. The molecule has 6 nitrogen and oxygen atoms in total. The molecule has 0 fully saturated rings. The van der Waals surface area contributed by atoms with Crippen molar-refractivity contribution in [2.24, 2.45) is 5.16 Å². The number of hydrogen-bond acceptors (Lipinski definition) is 5. The van der Waals surface area contributed by atoms with Crippen LogP contribution in [0.3, 0.4) is 0 Å². The zero-order valence-corrected chi connectivity index (χ0v) is 15.1. The average molecular weight is 388 g/mol. The predicted molar refractivity (Wildman–Crippen MR) is 98.7 cm³/mol. The maximum Gasteiger partial charge on any atom is 0.359 e. The molecule has 0 radical (unpaired) electrons. The fourth-order valence-electron chi connectivity index (χ4n) is 2.34. The molecule has 138 valence electrons. The first kappa shape index (κ1) is 18.6. The minimum absolute atomic E-state index is 0.00413. The number of oxime groups is 1. The van der Waals surface area contributed by atoms with Gasteiger partial charge in [0.15, 0.2) is 5.69 Å². The van der Waals surface area contributed by atoms with Gasteiger partial charge in [-0.3, -0.25) is 0 Å². The molecule has 0 aliphatic carbocycles. The summed E-state index contributed by atoms with van der Waals surface area (Å²) in [5.41, 5.74) is 1.55. The Morgan fingerprint density at radius 3 is 2.74 bits per heavy atom. The highest BCUT2D eigenvalue weighted by molar-refractivity contribution is 6.33. The van der Waals surface area contributed by atoms with Crippen molar-refractivity contribution in [3.05, 3.63) is 82.4 Å². The molecule has 2 aromatic carbocycles. The Morgan fingerprint density at radius 2 is 2.04 bits per heavy atom. The number of carbonyl (C=O) groups is 1. The normalized spacial score (nSPS) is 10.9. The average Bonchev–Trinajstić information content (AvgIpc) is 3.02. The van der Waals surface area contributed by atoms with Gasteiger partial charge in [0.05, 0.1) is 24.6 Å². The Morgan fingerprint density at radius 1 is 1.26 bits per heavy atom. The Hall–Kier alpha value is -3.19. The maximum atomic E-state index is 13.2. The van der Waals surface area contributed by atoms with Gasteiger partial charge in [0.2, 0.25) is 0 Å². The van der Waals surface area contributed by atoms with Crippen molar-refractivity contribution in [2.45, 2.75) is 6.61 Å². The van der Waals surface area contributed by atoms with Crippen molar-refractivity contribution in [2.75, 3.05) is 7.11 Å². The van der Waals surface area contributed by atoms with E-state index in [0.717, 1.165) is 0 Å². The zero-order chi connectivity index (χ0) is 19.2. The quantitative estimate of drug-likeness (QED) is 0.364. The molecule has 0 atom stereocenters. The van der Waals surface area contributed by atoms with Gasteiger partial charge in [-0.1, -0.05) is 47.1 Å². The molecular formula is C19H15ClFN3O3. The number of ether oxygens (including phenoxy) is 1. The number of para-hydroxylation sites is 1. The lowest BCUT2D eigenvalue weighted by atomic mass is 10.2. The monoisotopic (exact) mass is 387 g/mol. The molecule has 0 amide bonds. The van der Waals surface area contributed by atoms with Crippen LogP contribution in [0, 0.1) is 5.82 Å². The van der Waals surface area contributed by atoms with E-state index < -0.39 is 5.97 Å². The standard InChI is InChI=1S/C19H15ClFN3O3/c1-26-19(25)17-16(11-22-27-12-13-6-5-7-14(21)10-13)18(20)24(23-17)15-8-3-2-4-9-15/h2-11H,12H2,1H3/b22-11-. The van der Waals surface area contributed by atoms with E-state index in [2.05, 4.69) is 10.3 Å². The summed E-state index contributed by atoms with van der Waals surface area (Å²) in [6.07, 6.45) is 1.28. The van der Waals surface area contributed by atoms with Gasteiger partial charge in [-0.25, -0.2) is 13.9 Å². The molecular weight excluding hydrogens is 373 g/mol. The van der Waals surface area contributed by atoms with Crippen LogP contribution in [-0.2, 0) is 16.2 Å². The van der Waals surface area contributed by atoms with Gasteiger partial charge in [-0.05, 0) is 29.8 Å². The molecule has 1 heterocycles. The first-order valence-electron chi connectivity index (χ1n) is 7.92. The Bertz CT molecular complexity index is 974. The van der Waals surface area contributed by atoms with Crippen molar-refractivity contribution in [3.63, 3.8) is 0 Å². The molecule has 27 heavy (non-hydrogen) atoms. The van der Waals surface area contributed by atoms with Crippen LogP contribution in [-0.4, -0.2) is 29.1 Å². The number of methoxy groups -OCH3 is 1. The summed E-state index contributed by atoms with van der Waals surface area (Å²) >= 11 is 6.38. The Kier molecular flexibility index (Phi) is 5.83. The molecule has 0 aliphatic heterocycles. The second-order valence-electron chi connectivity index (χ2n) is 5.43. The maximum absolute atomic E-state index is 13.2. The van der Waals surface area contributed by atoms with Crippen molar-refractivity contribution in [1.29, 1.82) is 0 Å². The van der Waals surface area contributed by atoms with Crippen LogP contribution < -0.4 is 0 Å². The van der Waals surface area contributed by atoms with Crippen LogP contribution in [0.2, 0.25) is 5.15 Å². The van der Waals surface area contributed by atoms with Crippen LogP contribution >= 0.6 is 11.6 Å². The van der Waals surface area contributed by atoms with E-state index in [4.69, 9.17) is 21.2 Å². The molecule has 3 aromatic rings. The third-order valence-corrected chi connectivity index (χ3v) is 3.98. The van der Waals surface area contributed by atoms with Gasteiger partial charge >= 0.3 is 5.97 Å². The van der Waals surface area contributed by atoms with Gasteiger partial charge in [0.25, 0.3) is 0 Å². The van der Waals surface area contributed by atoms with Gasteiger partial charge in [0, 0.05) is 0 Å². The van der Waals surface area contributed by atoms with Gasteiger partial charge < -0.3 is 9.57 Å². The fourth-order valence-corrected chi connectivity index (χ4v) is 2.61. The molecule has 0 saturated heterocycles. The molecule has 0 N–H and O–H groups in total. The van der Waals surface area contributed by atoms with Crippen LogP contribution in [0.5, 0.6) is 0 Å². The van der Waals surface area contributed by atoms with Crippen molar-refractivity contribution in [3.8, 4) is 5.69 Å². The zero-order valence-electron chi connectivity index (χ0n) is 14.3. The molecule has 0 bridgehead atoms. The first-order chi connectivity index (χ1) is 13.1. The highest BCUT2D eigenvalue weighted by atomic mass is 35.5. The van der Waals surface area contributed by atoms with Crippen molar-refractivity contribution >= 4 is 23.8 Å². The van der Waals surface area contributed by atoms with Crippen molar-refractivity contribution in [1.82, 2.24) is 9.78 Å². The lowest BCUT2D eigenvalue weighted by Gasteiger charge is -2.02. The molecule has 8 heteroatoms. The summed E-state index contributed by atoms with van der Waals surface area (Å²) in [5, 5.41) is 8.21. The van der Waals surface area contributed by atoms with Crippen LogP contribution in [0.4, 0.5) is 4.39 Å². The second kappa shape index (κ2) is 8.46. The highest BCUT2D eigenvalue weighted by Crippen LogP contribution is 2.23. The number of nitrogens with zero attached hydrogens (tertiary/aromatic N) is 3. The number of rotatable bonds is 6. The highest BCUT2D eigenvalue weighted by Gasteiger charge is 2.22. The lowest BCUT2D eigenvalue weighted by molar-refractivity contribution is 0.0593. The minimum atomic E-state index is -0.654. The summed E-state index contributed by atoms with van der Waals surface area (Å²) in [6, 6.07) is 15.0. The molecule has 0 aliphatic rings. The smallest absolute Gasteiger partial charge is 0.359 e. The third-order valence-electron chi connectivity index (χ3n) is 3.62. The number of aromatic nitrogens is 2. The summed E-state index contributed by atoms with van der Waals surface area (Å²) in [6.45, 7) is 0.0618. The van der Waals surface area contributed by atoms with E-state index in [-0.39, 0.29) is 28.8 Å². The van der Waals surface area contributed by atoms with Gasteiger partial charge in [-0.15, -0.1) is 0 Å². The summed E-state index contributed by atoms with van der Waals surface area (Å²) < 4.78 is 19.3. The minimum Gasteiger partial charge on any atom is -0.464 e. The van der Waals surface area contributed by atoms with Crippen LogP contribution in [0.15, 0.2) is 59.8 Å². The van der Waals surface area contributed by atoms with Gasteiger partial charge in [0.1, 0.15) is 17.6 Å². The fraction of sp³-hybridized carbons (Fsp3) is 0.105. The molecule has 0 unspecified atom stereocenters. The Balaban J connectivity index is 1.84. The number of benzene rings is 2. The number of hydrogen-bond donors (Lipinski definition) is 0. The van der Waals surface area contributed by atoms with Gasteiger partial charge in [-0.2, -0.15) is 5.10 Å². The molecule has 3 rings (SSSR count). The third kappa shape index (κ3) is 4.32. The van der Waals surface area contributed by atoms with E-state index >= 15 is 0 Å². The van der Waals surface area contributed by atoms with E-state index in [1.807, 2.05) is 18.2 Å². The van der Waals surface area contributed by atoms with Crippen LogP contribution in [0.25, 0.3) is 5.69 Å². The molecule has 0 spiro atoms. The number of esters is 1. The number of halogens is 2. The van der Waals surface area contributed by atoms with E-state index in [9.17, 15) is 9.18 Å².